The molecule has 1 N–H and O–H groups in total. The van der Waals surface area contributed by atoms with Crippen LogP contribution in [-0.4, -0.2) is 62.0 Å². The fourth-order valence-electron chi connectivity index (χ4n) is 3.21. The zero-order valence-corrected chi connectivity index (χ0v) is 14.5. The lowest BCUT2D eigenvalue weighted by Crippen LogP contribution is -2.43. The number of aromatic amines is 1. The molecule has 24 heavy (non-hydrogen) atoms. The van der Waals surface area contributed by atoms with Gasteiger partial charge < -0.3 is 14.6 Å². The molecule has 0 saturated carbocycles. The molecule has 0 radical (unpaired) electrons. The maximum absolute atomic E-state index is 12.8. The number of fused-ring (bicyclic) bond motifs is 1. The molecular weight excluding hydrogens is 328 g/mol. The van der Waals surface area contributed by atoms with Crippen molar-refractivity contribution in [2.75, 3.05) is 31.8 Å². The number of amides is 1. The van der Waals surface area contributed by atoms with Gasteiger partial charge in [-0.1, -0.05) is 6.07 Å². The van der Waals surface area contributed by atoms with Crippen molar-refractivity contribution >= 4 is 26.6 Å². The minimum absolute atomic E-state index is 0.0518. The molecule has 2 heterocycles. The Labute approximate surface area is 141 Å². The van der Waals surface area contributed by atoms with Crippen molar-refractivity contribution in [2.45, 2.75) is 18.9 Å². The number of hydrogen-bond acceptors (Lipinski definition) is 4. The van der Waals surface area contributed by atoms with E-state index in [0.29, 0.717) is 19.6 Å². The minimum atomic E-state index is -3.03. The first-order valence-corrected chi connectivity index (χ1v) is 9.85. The summed E-state index contributed by atoms with van der Waals surface area (Å²) in [6.45, 7) is 0.820. The topological polar surface area (TPSA) is 79.5 Å². The minimum Gasteiger partial charge on any atom is -0.383 e. The lowest BCUT2D eigenvalue weighted by atomic mass is 10.1. The van der Waals surface area contributed by atoms with Gasteiger partial charge in [0, 0.05) is 31.4 Å². The summed E-state index contributed by atoms with van der Waals surface area (Å²) in [4.78, 5) is 17.6. The number of carbonyl (C=O) groups is 1. The summed E-state index contributed by atoms with van der Waals surface area (Å²) in [6, 6.07) is 7.60. The van der Waals surface area contributed by atoms with Gasteiger partial charge in [0.05, 0.1) is 24.5 Å². The number of ether oxygens (including phenoxy) is 1. The molecule has 1 amide bonds. The number of methoxy groups -OCH3 is 1. The van der Waals surface area contributed by atoms with Crippen LogP contribution in [0.4, 0.5) is 0 Å². The average Bonchev–Trinajstić information content (AvgIpc) is 3.13. The summed E-state index contributed by atoms with van der Waals surface area (Å²) in [7, 11) is -1.45. The van der Waals surface area contributed by atoms with E-state index in [2.05, 4.69) is 4.98 Å². The van der Waals surface area contributed by atoms with E-state index in [1.54, 1.807) is 12.0 Å². The summed E-state index contributed by atoms with van der Waals surface area (Å²) in [5.74, 6) is 0.160. The Morgan fingerprint density at radius 2 is 2.21 bits per heavy atom. The molecule has 1 fully saturated rings. The third-order valence-electron chi connectivity index (χ3n) is 4.48. The van der Waals surface area contributed by atoms with Crippen molar-refractivity contribution < 1.29 is 17.9 Å². The molecular formula is C17H22N2O4S. The highest BCUT2D eigenvalue weighted by Crippen LogP contribution is 2.20. The second-order valence-electron chi connectivity index (χ2n) is 6.21. The molecule has 1 atom stereocenters. The first-order valence-electron chi connectivity index (χ1n) is 8.03. The van der Waals surface area contributed by atoms with Crippen LogP contribution in [0.15, 0.2) is 30.5 Å². The van der Waals surface area contributed by atoms with E-state index in [4.69, 9.17) is 4.74 Å². The summed E-state index contributed by atoms with van der Waals surface area (Å²) >= 11 is 0. The third-order valence-corrected chi connectivity index (χ3v) is 6.23. The smallest absolute Gasteiger partial charge is 0.227 e. The molecule has 0 bridgehead atoms. The van der Waals surface area contributed by atoms with Crippen molar-refractivity contribution in [1.29, 1.82) is 0 Å². The van der Waals surface area contributed by atoms with Crippen LogP contribution in [0.5, 0.6) is 0 Å². The van der Waals surface area contributed by atoms with Crippen LogP contribution in [0.3, 0.4) is 0 Å². The third kappa shape index (κ3) is 3.79. The molecule has 130 valence electrons. The molecule has 1 aliphatic heterocycles. The van der Waals surface area contributed by atoms with Crippen molar-refractivity contribution in [3.8, 4) is 0 Å². The summed E-state index contributed by atoms with van der Waals surface area (Å²) < 4.78 is 28.6. The van der Waals surface area contributed by atoms with Crippen molar-refractivity contribution in [1.82, 2.24) is 9.88 Å². The van der Waals surface area contributed by atoms with E-state index in [9.17, 15) is 13.2 Å². The van der Waals surface area contributed by atoms with Gasteiger partial charge in [-0.3, -0.25) is 4.79 Å². The van der Waals surface area contributed by atoms with E-state index in [1.165, 1.54) is 0 Å². The normalized spacial score (nSPS) is 19.6. The van der Waals surface area contributed by atoms with Crippen LogP contribution in [0, 0.1) is 0 Å². The highest BCUT2D eigenvalue weighted by molar-refractivity contribution is 7.91. The van der Waals surface area contributed by atoms with Crippen LogP contribution in [0.1, 0.15) is 12.0 Å². The first-order chi connectivity index (χ1) is 11.5. The fraction of sp³-hybridized carbons (Fsp3) is 0.471. The number of nitrogens with one attached hydrogen (secondary N) is 1. The molecule has 3 rings (SSSR count). The highest BCUT2D eigenvalue weighted by Gasteiger charge is 2.34. The Morgan fingerprint density at radius 3 is 2.92 bits per heavy atom. The molecule has 7 heteroatoms. The predicted molar refractivity (Wildman–Crippen MR) is 92.7 cm³/mol. The number of rotatable bonds is 6. The van der Waals surface area contributed by atoms with Gasteiger partial charge in [0.25, 0.3) is 0 Å². The summed E-state index contributed by atoms with van der Waals surface area (Å²) in [5.41, 5.74) is 1.96. The van der Waals surface area contributed by atoms with E-state index < -0.39 is 9.84 Å². The molecule has 0 aliphatic carbocycles. The van der Waals surface area contributed by atoms with Gasteiger partial charge in [0.1, 0.15) is 0 Å². The van der Waals surface area contributed by atoms with Gasteiger partial charge in [-0.2, -0.15) is 0 Å². The quantitative estimate of drug-likeness (QED) is 0.853. The van der Waals surface area contributed by atoms with E-state index >= 15 is 0 Å². The number of nitrogens with zero attached hydrogens (tertiary/aromatic N) is 1. The molecule has 0 spiro atoms. The van der Waals surface area contributed by atoms with Crippen LogP contribution >= 0.6 is 0 Å². The summed E-state index contributed by atoms with van der Waals surface area (Å²) in [5, 5.41) is 1.06. The van der Waals surface area contributed by atoms with E-state index in [0.717, 1.165) is 16.5 Å². The van der Waals surface area contributed by atoms with Crippen molar-refractivity contribution in [2.24, 2.45) is 0 Å². The SMILES string of the molecule is COCCN(C(=O)Cc1ccc2[nH]ccc2c1)C1CCS(=O)(=O)C1. The lowest BCUT2D eigenvalue weighted by Gasteiger charge is -2.28. The van der Waals surface area contributed by atoms with Crippen molar-refractivity contribution in [3.05, 3.63) is 36.0 Å². The Morgan fingerprint density at radius 1 is 1.38 bits per heavy atom. The Bertz CT molecular complexity index is 828. The monoisotopic (exact) mass is 350 g/mol. The van der Waals surface area contributed by atoms with Gasteiger partial charge in [0.15, 0.2) is 9.84 Å². The first kappa shape index (κ1) is 17.0. The van der Waals surface area contributed by atoms with Crippen LogP contribution in [-0.2, 0) is 25.8 Å². The molecule has 1 aromatic heterocycles. The average molecular weight is 350 g/mol. The van der Waals surface area contributed by atoms with E-state index in [-0.39, 0.29) is 29.9 Å². The second-order valence-corrected chi connectivity index (χ2v) is 8.44. The van der Waals surface area contributed by atoms with Gasteiger partial charge in [-0.15, -0.1) is 0 Å². The number of benzene rings is 1. The Hall–Kier alpha value is -1.86. The standard InChI is InChI=1S/C17H22N2O4S/c1-23-8-7-19(15-5-9-24(21,22)12-15)17(20)11-13-2-3-16-14(10-13)4-6-18-16/h2-4,6,10,15,18H,5,7-9,11-12H2,1H3. The summed E-state index contributed by atoms with van der Waals surface area (Å²) in [6.07, 6.45) is 2.64. The van der Waals surface area contributed by atoms with E-state index in [1.807, 2.05) is 30.5 Å². The highest BCUT2D eigenvalue weighted by atomic mass is 32.2. The number of aromatic nitrogens is 1. The maximum Gasteiger partial charge on any atom is 0.227 e. The molecule has 1 unspecified atom stereocenters. The Balaban J connectivity index is 1.75. The molecule has 2 aromatic rings. The van der Waals surface area contributed by atoms with Crippen LogP contribution in [0.2, 0.25) is 0 Å². The maximum atomic E-state index is 12.8. The lowest BCUT2D eigenvalue weighted by molar-refractivity contribution is -0.133. The van der Waals surface area contributed by atoms with Gasteiger partial charge in [-0.05, 0) is 35.6 Å². The number of hydrogen-bond donors (Lipinski definition) is 1. The van der Waals surface area contributed by atoms with Gasteiger partial charge >= 0.3 is 0 Å². The van der Waals surface area contributed by atoms with Crippen LogP contribution in [0.25, 0.3) is 10.9 Å². The number of H-pyrrole nitrogens is 1. The molecule has 1 aromatic carbocycles. The number of sulfone groups is 1. The van der Waals surface area contributed by atoms with Crippen LogP contribution < -0.4 is 0 Å². The van der Waals surface area contributed by atoms with Gasteiger partial charge in [0.2, 0.25) is 5.91 Å². The zero-order chi connectivity index (χ0) is 17.2. The zero-order valence-electron chi connectivity index (χ0n) is 13.7. The van der Waals surface area contributed by atoms with Crippen molar-refractivity contribution in [3.63, 3.8) is 0 Å². The molecule has 1 saturated heterocycles. The Kier molecular flexibility index (Phi) is 4.91. The second kappa shape index (κ2) is 6.94. The van der Waals surface area contributed by atoms with Gasteiger partial charge in [-0.25, -0.2) is 8.42 Å². The molecule has 6 nitrogen and oxygen atoms in total. The fourth-order valence-corrected chi connectivity index (χ4v) is 4.94. The predicted octanol–water partition coefficient (Wildman–Crippen LogP) is 1.37. The largest absolute Gasteiger partial charge is 0.383 e. The molecule has 1 aliphatic rings. The number of carbonyl (C=O) groups excluding carboxylic acids is 1.